The predicted molar refractivity (Wildman–Crippen MR) is 109 cm³/mol. The molecule has 1 amide bonds. The third-order valence-electron chi connectivity index (χ3n) is 4.57. The van der Waals surface area contributed by atoms with E-state index >= 15 is 0 Å². The Balaban J connectivity index is 2.41. The fraction of sp³-hybridized carbons (Fsp3) is 0.381. The van der Waals surface area contributed by atoms with E-state index in [1.54, 1.807) is 42.5 Å². The number of sulfonamides is 1. The van der Waals surface area contributed by atoms with Gasteiger partial charge in [-0.05, 0) is 56.5 Å². The summed E-state index contributed by atoms with van der Waals surface area (Å²) >= 11 is 0. The molecule has 27 heavy (non-hydrogen) atoms. The van der Waals surface area contributed by atoms with E-state index in [4.69, 9.17) is 0 Å². The molecule has 0 aliphatic carbocycles. The minimum atomic E-state index is -3.87. The van der Waals surface area contributed by atoms with Gasteiger partial charge in [0, 0.05) is 6.04 Å². The van der Waals surface area contributed by atoms with Crippen LogP contribution in [0.5, 0.6) is 0 Å². The molecule has 0 spiro atoms. The van der Waals surface area contributed by atoms with E-state index < -0.39 is 10.0 Å². The molecule has 0 heterocycles. The number of hydrogen-bond donors (Lipinski definition) is 1. The summed E-state index contributed by atoms with van der Waals surface area (Å²) < 4.78 is 27.7. The topological polar surface area (TPSA) is 66.5 Å². The summed E-state index contributed by atoms with van der Waals surface area (Å²) in [6, 6.07) is 13.8. The molecule has 5 nitrogen and oxygen atoms in total. The lowest BCUT2D eigenvalue weighted by Gasteiger charge is -2.26. The van der Waals surface area contributed by atoms with Crippen LogP contribution in [-0.2, 0) is 14.8 Å². The Hall–Kier alpha value is -2.34. The first kappa shape index (κ1) is 21.0. The van der Waals surface area contributed by atoms with Crippen molar-refractivity contribution in [3.63, 3.8) is 0 Å². The van der Waals surface area contributed by atoms with Crippen molar-refractivity contribution in [1.82, 2.24) is 5.32 Å². The summed E-state index contributed by atoms with van der Waals surface area (Å²) in [7, 11) is -3.87. The molecule has 0 saturated heterocycles. The normalized spacial score (nSPS) is 12.7. The Labute approximate surface area is 162 Å². The molecule has 2 rings (SSSR count). The smallest absolute Gasteiger partial charge is 0.264 e. The summed E-state index contributed by atoms with van der Waals surface area (Å²) in [5, 5.41) is 2.88. The first-order chi connectivity index (χ1) is 12.6. The fourth-order valence-electron chi connectivity index (χ4n) is 2.53. The lowest BCUT2D eigenvalue weighted by atomic mass is 10.1. The maximum absolute atomic E-state index is 13.3. The summed E-state index contributed by atoms with van der Waals surface area (Å²) in [5.41, 5.74) is 2.37. The van der Waals surface area contributed by atoms with Crippen LogP contribution in [-0.4, -0.2) is 26.9 Å². The van der Waals surface area contributed by atoms with Crippen LogP contribution in [0.4, 0.5) is 5.69 Å². The van der Waals surface area contributed by atoms with Gasteiger partial charge in [-0.3, -0.25) is 9.10 Å². The van der Waals surface area contributed by atoms with Crippen LogP contribution < -0.4 is 9.62 Å². The van der Waals surface area contributed by atoms with Crippen LogP contribution >= 0.6 is 0 Å². The first-order valence-corrected chi connectivity index (χ1v) is 10.5. The lowest BCUT2D eigenvalue weighted by Crippen LogP contribution is -2.45. The highest BCUT2D eigenvalue weighted by atomic mass is 32.2. The zero-order valence-electron chi connectivity index (χ0n) is 16.6. The summed E-state index contributed by atoms with van der Waals surface area (Å²) in [6.07, 6.45) is 0. The second-order valence-electron chi connectivity index (χ2n) is 7.26. The number of carbonyl (C=O) groups excluding carboxylic acids is 1. The molecule has 0 saturated carbocycles. The summed E-state index contributed by atoms with van der Waals surface area (Å²) in [6.45, 7) is 9.44. The Kier molecular flexibility index (Phi) is 6.65. The van der Waals surface area contributed by atoms with Crippen LogP contribution in [0.25, 0.3) is 0 Å². The maximum Gasteiger partial charge on any atom is 0.264 e. The zero-order valence-corrected chi connectivity index (χ0v) is 17.4. The van der Waals surface area contributed by atoms with E-state index in [1.807, 2.05) is 40.7 Å². The second-order valence-corrected chi connectivity index (χ2v) is 9.13. The van der Waals surface area contributed by atoms with Crippen molar-refractivity contribution in [3.8, 4) is 0 Å². The number of hydrogen-bond acceptors (Lipinski definition) is 3. The minimum Gasteiger partial charge on any atom is -0.352 e. The van der Waals surface area contributed by atoms with Crippen molar-refractivity contribution in [1.29, 1.82) is 0 Å². The van der Waals surface area contributed by atoms with E-state index in [1.165, 1.54) is 4.31 Å². The Morgan fingerprint density at radius 3 is 2.19 bits per heavy atom. The molecule has 0 fully saturated rings. The molecule has 0 radical (unpaired) electrons. The Morgan fingerprint density at radius 1 is 1.00 bits per heavy atom. The zero-order chi connectivity index (χ0) is 20.2. The van der Waals surface area contributed by atoms with Gasteiger partial charge < -0.3 is 5.32 Å². The Morgan fingerprint density at radius 2 is 1.63 bits per heavy atom. The van der Waals surface area contributed by atoms with Gasteiger partial charge in [-0.1, -0.05) is 43.7 Å². The van der Waals surface area contributed by atoms with Gasteiger partial charge in [0.1, 0.15) is 6.54 Å². The largest absolute Gasteiger partial charge is 0.352 e. The van der Waals surface area contributed by atoms with Crippen molar-refractivity contribution in [2.24, 2.45) is 5.92 Å². The van der Waals surface area contributed by atoms with Gasteiger partial charge >= 0.3 is 0 Å². The van der Waals surface area contributed by atoms with Crippen molar-refractivity contribution in [2.45, 2.75) is 45.6 Å². The molecule has 6 heteroatoms. The number of anilines is 1. The van der Waals surface area contributed by atoms with Gasteiger partial charge in [-0.15, -0.1) is 0 Å². The molecule has 2 aromatic rings. The third kappa shape index (κ3) is 5.32. The fourth-order valence-corrected chi connectivity index (χ4v) is 3.95. The van der Waals surface area contributed by atoms with Crippen molar-refractivity contribution in [3.05, 3.63) is 59.7 Å². The molecule has 0 aliphatic rings. The molecule has 0 aromatic heterocycles. The number of benzene rings is 2. The van der Waals surface area contributed by atoms with Gasteiger partial charge in [0.2, 0.25) is 5.91 Å². The molecule has 2 aromatic carbocycles. The van der Waals surface area contributed by atoms with Crippen LogP contribution in [0.1, 0.15) is 31.9 Å². The molecule has 146 valence electrons. The monoisotopic (exact) mass is 388 g/mol. The minimum absolute atomic E-state index is 0.0426. The molecular formula is C21H28N2O3S. The van der Waals surface area contributed by atoms with Crippen molar-refractivity contribution >= 4 is 21.6 Å². The van der Waals surface area contributed by atoms with E-state index in [-0.39, 0.29) is 29.3 Å². The molecule has 1 N–H and O–H groups in total. The number of amides is 1. The van der Waals surface area contributed by atoms with Crippen molar-refractivity contribution in [2.75, 3.05) is 10.8 Å². The standard InChI is InChI=1S/C21H28N2O3S/c1-15(2)18(5)22-21(24)14-23(19-8-6-7-17(4)13-19)27(25,26)20-11-9-16(3)10-12-20/h6-13,15,18H,14H2,1-5H3,(H,22,24). The highest BCUT2D eigenvalue weighted by molar-refractivity contribution is 7.92. The quantitative estimate of drug-likeness (QED) is 0.787. The average molecular weight is 389 g/mol. The van der Waals surface area contributed by atoms with E-state index in [0.29, 0.717) is 5.69 Å². The number of carbonyl (C=O) groups is 1. The van der Waals surface area contributed by atoms with Crippen LogP contribution in [0.3, 0.4) is 0 Å². The molecule has 1 unspecified atom stereocenters. The van der Waals surface area contributed by atoms with Crippen LogP contribution in [0, 0.1) is 19.8 Å². The number of nitrogens with zero attached hydrogens (tertiary/aromatic N) is 1. The van der Waals surface area contributed by atoms with E-state index in [0.717, 1.165) is 11.1 Å². The summed E-state index contributed by atoms with van der Waals surface area (Å²) in [4.78, 5) is 12.7. The van der Waals surface area contributed by atoms with Gasteiger partial charge in [0.05, 0.1) is 10.6 Å². The van der Waals surface area contributed by atoms with Crippen molar-refractivity contribution < 1.29 is 13.2 Å². The van der Waals surface area contributed by atoms with Crippen LogP contribution in [0.2, 0.25) is 0 Å². The lowest BCUT2D eigenvalue weighted by molar-refractivity contribution is -0.120. The second kappa shape index (κ2) is 8.57. The van der Waals surface area contributed by atoms with Gasteiger partial charge in [0.25, 0.3) is 10.0 Å². The first-order valence-electron chi connectivity index (χ1n) is 9.06. The predicted octanol–water partition coefficient (Wildman–Crippen LogP) is 3.66. The van der Waals surface area contributed by atoms with Gasteiger partial charge in [-0.25, -0.2) is 8.42 Å². The molecule has 1 atom stereocenters. The SMILES string of the molecule is Cc1ccc(S(=O)(=O)N(CC(=O)NC(C)C(C)C)c2cccc(C)c2)cc1. The molecule has 0 aliphatic heterocycles. The van der Waals surface area contributed by atoms with Gasteiger partial charge in [-0.2, -0.15) is 0 Å². The third-order valence-corrected chi connectivity index (χ3v) is 6.36. The number of aryl methyl sites for hydroxylation is 2. The Bertz CT molecular complexity index is 890. The highest BCUT2D eigenvalue weighted by Crippen LogP contribution is 2.24. The van der Waals surface area contributed by atoms with Crippen LogP contribution in [0.15, 0.2) is 53.4 Å². The maximum atomic E-state index is 13.3. The molecular weight excluding hydrogens is 360 g/mol. The number of nitrogens with one attached hydrogen (secondary N) is 1. The van der Waals surface area contributed by atoms with Gasteiger partial charge in [0.15, 0.2) is 0 Å². The average Bonchev–Trinajstić information content (AvgIpc) is 2.59. The van der Waals surface area contributed by atoms with E-state index in [2.05, 4.69) is 5.32 Å². The van der Waals surface area contributed by atoms with E-state index in [9.17, 15) is 13.2 Å². The number of rotatable bonds is 7. The molecule has 0 bridgehead atoms. The summed E-state index contributed by atoms with van der Waals surface area (Å²) in [5.74, 6) is -0.0662. The highest BCUT2D eigenvalue weighted by Gasteiger charge is 2.27.